The smallest absolute Gasteiger partial charge is 0.341 e. The molecule has 2 unspecified atom stereocenters. The molecule has 0 bridgehead atoms. The lowest BCUT2D eigenvalue weighted by atomic mass is 9.98. The number of nitrogens with zero attached hydrogens (tertiary/aromatic N) is 1. The zero-order valence-electron chi connectivity index (χ0n) is 19.8. The monoisotopic (exact) mass is 430 g/mol. The van der Waals surface area contributed by atoms with E-state index in [0.717, 1.165) is 28.8 Å². The number of carbonyl (C=O) groups excluding carboxylic acids is 1. The number of esters is 1. The third-order valence-electron chi connectivity index (χ3n) is 5.62. The standard InChI is InChI=1S/C25H38N2O4/c1-9-16(3)11-12-22-23(19(6)28)20(13-26)15-27(22)14-17(4)18(5)24(30-7)21(10-2)25(29)31-8/h9-10,12,16,20,28H,1,4,11,13-15,26H2,2-3,5-8H3/b21-10+,22-12-,23-19+,24-18+. The second kappa shape index (κ2) is 12.2. The van der Waals surface area contributed by atoms with E-state index in [2.05, 4.69) is 31.1 Å². The zero-order chi connectivity index (χ0) is 23.7. The second-order valence-corrected chi connectivity index (χ2v) is 7.81. The maximum absolute atomic E-state index is 12.1. The molecule has 0 aromatic carbocycles. The van der Waals surface area contributed by atoms with Gasteiger partial charge in [0, 0.05) is 36.8 Å². The molecule has 0 saturated carbocycles. The summed E-state index contributed by atoms with van der Waals surface area (Å²) in [5.74, 6) is 0.613. The molecular weight excluding hydrogens is 392 g/mol. The Labute approximate surface area is 187 Å². The van der Waals surface area contributed by atoms with Gasteiger partial charge in [-0.1, -0.05) is 31.7 Å². The van der Waals surface area contributed by atoms with E-state index in [1.54, 1.807) is 19.9 Å². The Morgan fingerprint density at radius 2 is 2.00 bits per heavy atom. The number of rotatable bonds is 10. The molecule has 0 amide bonds. The van der Waals surface area contributed by atoms with Crippen molar-refractivity contribution < 1.29 is 19.4 Å². The van der Waals surface area contributed by atoms with Gasteiger partial charge in [0.25, 0.3) is 0 Å². The van der Waals surface area contributed by atoms with Gasteiger partial charge in [-0.25, -0.2) is 4.79 Å². The van der Waals surface area contributed by atoms with Crippen molar-refractivity contribution in [2.24, 2.45) is 17.6 Å². The molecule has 2 atom stereocenters. The van der Waals surface area contributed by atoms with E-state index in [1.165, 1.54) is 14.2 Å². The molecular formula is C25H38N2O4. The highest BCUT2D eigenvalue weighted by atomic mass is 16.5. The molecule has 1 rings (SSSR count). The van der Waals surface area contributed by atoms with Crippen LogP contribution in [0.25, 0.3) is 0 Å². The largest absolute Gasteiger partial charge is 0.512 e. The van der Waals surface area contributed by atoms with E-state index < -0.39 is 5.97 Å². The lowest BCUT2D eigenvalue weighted by Crippen LogP contribution is -2.25. The summed E-state index contributed by atoms with van der Waals surface area (Å²) in [6.07, 6.45) is 6.51. The highest BCUT2D eigenvalue weighted by Crippen LogP contribution is 2.36. The Morgan fingerprint density at radius 1 is 1.35 bits per heavy atom. The van der Waals surface area contributed by atoms with Crippen molar-refractivity contribution in [1.82, 2.24) is 4.90 Å². The predicted molar refractivity (Wildman–Crippen MR) is 126 cm³/mol. The molecule has 1 aliphatic heterocycles. The lowest BCUT2D eigenvalue weighted by molar-refractivity contribution is -0.136. The number of ether oxygens (including phenoxy) is 2. The van der Waals surface area contributed by atoms with Crippen LogP contribution in [0.1, 0.15) is 34.1 Å². The van der Waals surface area contributed by atoms with E-state index in [9.17, 15) is 9.90 Å². The van der Waals surface area contributed by atoms with Gasteiger partial charge in [-0.15, -0.1) is 6.58 Å². The van der Waals surface area contributed by atoms with Gasteiger partial charge in [-0.2, -0.15) is 0 Å². The van der Waals surface area contributed by atoms with Gasteiger partial charge in [-0.3, -0.25) is 0 Å². The minimum atomic E-state index is -0.462. The normalized spacial score (nSPS) is 21.5. The molecule has 3 N–H and O–H groups in total. The van der Waals surface area contributed by atoms with Crippen LogP contribution in [-0.2, 0) is 14.3 Å². The number of methoxy groups -OCH3 is 2. The van der Waals surface area contributed by atoms with Crippen LogP contribution in [0.5, 0.6) is 0 Å². The van der Waals surface area contributed by atoms with Gasteiger partial charge in [0.2, 0.25) is 0 Å². The fourth-order valence-electron chi connectivity index (χ4n) is 3.72. The number of hydrogen-bond donors (Lipinski definition) is 2. The van der Waals surface area contributed by atoms with Crippen LogP contribution in [-0.4, -0.2) is 49.8 Å². The van der Waals surface area contributed by atoms with Gasteiger partial charge in [-0.05, 0) is 44.3 Å². The summed E-state index contributed by atoms with van der Waals surface area (Å²) < 4.78 is 10.4. The molecule has 6 heteroatoms. The molecule has 1 saturated heterocycles. The van der Waals surface area contributed by atoms with Crippen molar-refractivity contribution in [3.8, 4) is 0 Å². The van der Waals surface area contributed by atoms with Crippen LogP contribution in [0.3, 0.4) is 0 Å². The Balaban J connectivity index is 3.32. The van der Waals surface area contributed by atoms with E-state index in [1.807, 2.05) is 13.0 Å². The summed E-state index contributed by atoms with van der Waals surface area (Å²) in [5.41, 5.74) is 9.78. The summed E-state index contributed by atoms with van der Waals surface area (Å²) in [6.45, 7) is 17.2. The van der Waals surface area contributed by atoms with E-state index in [4.69, 9.17) is 15.2 Å². The van der Waals surface area contributed by atoms with Gasteiger partial charge >= 0.3 is 5.97 Å². The molecule has 1 heterocycles. The average Bonchev–Trinajstić information content (AvgIpc) is 3.11. The van der Waals surface area contributed by atoms with Crippen molar-refractivity contribution in [2.75, 3.05) is 33.9 Å². The van der Waals surface area contributed by atoms with Crippen LogP contribution in [0.15, 0.2) is 70.9 Å². The summed E-state index contributed by atoms with van der Waals surface area (Å²) in [7, 11) is 2.86. The highest BCUT2D eigenvalue weighted by molar-refractivity contribution is 5.93. The maximum Gasteiger partial charge on any atom is 0.341 e. The maximum atomic E-state index is 12.1. The third-order valence-corrected chi connectivity index (χ3v) is 5.62. The third kappa shape index (κ3) is 6.37. The predicted octanol–water partition coefficient (Wildman–Crippen LogP) is 4.40. The van der Waals surface area contributed by atoms with Crippen LogP contribution in [0.4, 0.5) is 0 Å². The Kier molecular flexibility index (Phi) is 10.4. The minimum absolute atomic E-state index is 0.0374. The summed E-state index contributed by atoms with van der Waals surface area (Å²) in [5, 5.41) is 10.4. The Morgan fingerprint density at radius 3 is 2.45 bits per heavy atom. The molecule has 1 aliphatic rings. The number of allylic oxidation sites excluding steroid dienone is 5. The number of carbonyl (C=O) groups is 1. The van der Waals surface area contributed by atoms with Crippen LogP contribution in [0, 0.1) is 11.8 Å². The fraction of sp³-hybridized carbons (Fsp3) is 0.480. The van der Waals surface area contributed by atoms with Crippen molar-refractivity contribution >= 4 is 5.97 Å². The molecule has 1 fully saturated rings. The second-order valence-electron chi connectivity index (χ2n) is 7.81. The molecule has 6 nitrogen and oxygen atoms in total. The van der Waals surface area contributed by atoms with Crippen molar-refractivity contribution in [3.63, 3.8) is 0 Å². The van der Waals surface area contributed by atoms with Gasteiger partial charge in [0.05, 0.1) is 25.6 Å². The first-order valence-corrected chi connectivity index (χ1v) is 10.5. The molecule has 0 aliphatic carbocycles. The van der Waals surface area contributed by atoms with E-state index in [0.29, 0.717) is 36.9 Å². The number of aliphatic hydroxyl groups is 1. The molecule has 0 aromatic rings. The first-order chi connectivity index (χ1) is 14.7. The van der Waals surface area contributed by atoms with E-state index in [-0.39, 0.29) is 11.7 Å². The number of nitrogens with two attached hydrogens (primary N) is 1. The van der Waals surface area contributed by atoms with Gasteiger partial charge in [0.15, 0.2) is 0 Å². The van der Waals surface area contributed by atoms with Gasteiger partial charge < -0.3 is 25.2 Å². The first-order valence-electron chi connectivity index (χ1n) is 10.5. The number of likely N-dealkylation sites (tertiary alicyclic amines) is 1. The molecule has 0 aromatic heterocycles. The first kappa shape index (κ1) is 26.3. The summed E-state index contributed by atoms with van der Waals surface area (Å²) >= 11 is 0. The van der Waals surface area contributed by atoms with Crippen molar-refractivity contribution in [3.05, 3.63) is 70.9 Å². The lowest BCUT2D eigenvalue weighted by Gasteiger charge is -2.24. The summed E-state index contributed by atoms with van der Waals surface area (Å²) in [6, 6.07) is 0. The van der Waals surface area contributed by atoms with Crippen LogP contribution < -0.4 is 5.73 Å². The fourth-order valence-corrected chi connectivity index (χ4v) is 3.72. The van der Waals surface area contributed by atoms with Crippen molar-refractivity contribution in [1.29, 1.82) is 0 Å². The summed E-state index contributed by atoms with van der Waals surface area (Å²) in [4.78, 5) is 14.3. The van der Waals surface area contributed by atoms with Crippen molar-refractivity contribution in [2.45, 2.75) is 34.1 Å². The SMILES string of the molecule is C=CC(C)C/C=C1/C(=C(\C)O)C(CN)CN1CC(=C)/C(C)=C(OC)\C(=C/C)C(=O)OC. The Hall–Kier alpha value is -2.73. The zero-order valence-corrected chi connectivity index (χ0v) is 19.8. The molecule has 0 spiro atoms. The average molecular weight is 431 g/mol. The quantitative estimate of drug-likeness (QED) is 0.176. The number of aliphatic hydroxyl groups excluding tert-OH is 1. The Bertz CT molecular complexity index is 813. The van der Waals surface area contributed by atoms with Crippen LogP contribution >= 0.6 is 0 Å². The topological polar surface area (TPSA) is 85.0 Å². The molecule has 0 radical (unpaired) electrons. The number of hydrogen-bond acceptors (Lipinski definition) is 6. The molecule has 31 heavy (non-hydrogen) atoms. The minimum Gasteiger partial charge on any atom is -0.512 e. The van der Waals surface area contributed by atoms with Crippen LogP contribution in [0.2, 0.25) is 0 Å². The highest BCUT2D eigenvalue weighted by Gasteiger charge is 2.33. The van der Waals surface area contributed by atoms with E-state index >= 15 is 0 Å². The molecule has 172 valence electrons. The van der Waals surface area contributed by atoms with Gasteiger partial charge in [0.1, 0.15) is 5.76 Å².